The Balaban J connectivity index is 2.02. The average Bonchev–Trinajstić information content (AvgIpc) is 2.90. The number of thioether (sulfide) groups is 2. The van der Waals surface area contributed by atoms with Crippen molar-refractivity contribution in [1.29, 1.82) is 0 Å². The summed E-state index contributed by atoms with van der Waals surface area (Å²) < 4.78 is 1.65. The molecule has 0 spiro atoms. The van der Waals surface area contributed by atoms with Crippen molar-refractivity contribution >= 4 is 29.4 Å². The van der Waals surface area contributed by atoms with Gasteiger partial charge in [0.15, 0.2) is 5.16 Å². The van der Waals surface area contributed by atoms with Gasteiger partial charge in [0.25, 0.3) is 5.56 Å². The van der Waals surface area contributed by atoms with Crippen LogP contribution in [-0.4, -0.2) is 26.5 Å². The molecule has 0 saturated heterocycles. The van der Waals surface area contributed by atoms with Gasteiger partial charge >= 0.3 is 0 Å². The van der Waals surface area contributed by atoms with Gasteiger partial charge in [0, 0.05) is 11.7 Å². The molecule has 0 fully saturated rings. The van der Waals surface area contributed by atoms with Crippen LogP contribution in [0, 0.1) is 0 Å². The van der Waals surface area contributed by atoms with E-state index in [2.05, 4.69) is 11.9 Å². The molecule has 2 aromatic rings. The van der Waals surface area contributed by atoms with E-state index >= 15 is 0 Å². The lowest BCUT2D eigenvalue weighted by atomic mass is 10.2. The largest absolute Gasteiger partial charge is 0.369 e. The van der Waals surface area contributed by atoms with Gasteiger partial charge in [-0.25, -0.2) is 4.98 Å². The van der Waals surface area contributed by atoms with Gasteiger partial charge in [-0.05, 0) is 5.56 Å². The van der Waals surface area contributed by atoms with Crippen molar-refractivity contribution in [2.24, 2.45) is 5.73 Å². The zero-order chi connectivity index (χ0) is 16.4. The number of hydrogen-bond acceptors (Lipinski definition) is 5. The number of amides is 1. The van der Waals surface area contributed by atoms with E-state index in [1.54, 1.807) is 16.3 Å². The lowest BCUT2D eigenvalue weighted by Crippen LogP contribution is -2.26. The number of hydrogen-bond donors (Lipinski definition) is 1. The topological polar surface area (TPSA) is 78.0 Å². The van der Waals surface area contributed by atoms with Gasteiger partial charge < -0.3 is 5.73 Å². The molecule has 0 radical (unpaired) electrons. The van der Waals surface area contributed by atoms with E-state index in [-0.39, 0.29) is 11.3 Å². The van der Waals surface area contributed by atoms with Gasteiger partial charge in [-0.1, -0.05) is 49.0 Å². The van der Waals surface area contributed by atoms with E-state index < -0.39 is 5.91 Å². The molecule has 1 atom stereocenters. The molecule has 2 N–H and O–H groups in total. The smallest absolute Gasteiger partial charge is 0.268 e. The van der Waals surface area contributed by atoms with E-state index in [4.69, 9.17) is 5.73 Å². The van der Waals surface area contributed by atoms with E-state index in [0.29, 0.717) is 17.0 Å². The van der Waals surface area contributed by atoms with Crippen LogP contribution in [0.25, 0.3) is 0 Å². The van der Waals surface area contributed by atoms with Crippen LogP contribution in [0.3, 0.4) is 0 Å². The SMILES string of the molecule is C[C@H]1Cc2nc(SCC(N)=O)n(Cc3ccccc3)c(=O)c2S1. The minimum absolute atomic E-state index is 0.0276. The van der Waals surface area contributed by atoms with Gasteiger partial charge in [0.2, 0.25) is 5.91 Å². The van der Waals surface area contributed by atoms with Crippen molar-refractivity contribution in [3.63, 3.8) is 0 Å². The Morgan fingerprint density at radius 2 is 2.17 bits per heavy atom. The normalized spacial score (nSPS) is 16.3. The maximum absolute atomic E-state index is 12.8. The van der Waals surface area contributed by atoms with Crippen molar-refractivity contribution < 1.29 is 4.79 Å². The fraction of sp³-hybridized carbons (Fsp3) is 0.312. The number of nitrogens with two attached hydrogens (primary N) is 1. The van der Waals surface area contributed by atoms with Crippen LogP contribution in [0.1, 0.15) is 18.2 Å². The minimum Gasteiger partial charge on any atom is -0.369 e. The minimum atomic E-state index is -0.418. The first-order valence-electron chi connectivity index (χ1n) is 7.30. The first-order valence-corrected chi connectivity index (χ1v) is 9.16. The maximum atomic E-state index is 12.8. The Hall–Kier alpha value is -1.73. The number of nitrogens with zero attached hydrogens (tertiary/aromatic N) is 2. The van der Waals surface area contributed by atoms with Crippen molar-refractivity contribution in [3.05, 3.63) is 51.9 Å². The van der Waals surface area contributed by atoms with E-state index in [1.165, 1.54) is 11.8 Å². The molecule has 7 heteroatoms. The summed E-state index contributed by atoms with van der Waals surface area (Å²) >= 11 is 2.80. The van der Waals surface area contributed by atoms with Crippen LogP contribution < -0.4 is 11.3 Å². The molecule has 1 aromatic carbocycles. The molecule has 0 unspecified atom stereocenters. The summed E-state index contributed by atoms with van der Waals surface area (Å²) in [6, 6.07) is 9.76. The first-order chi connectivity index (χ1) is 11.0. The number of carbonyl (C=O) groups is 1. The summed E-state index contributed by atoms with van der Waals surface area (Å²) in [5, 5.41) is 0.915. The number of rotatable bonds is 5. The second kappa shape index (κ2) is 6.80. The second-order valence-electron chi connectivity index (χ2n) is 5.43. The number of fused-ring (bicyclic) bond motifs is 1. The van der Waals surface area contributed by atoms with Gasteiger partial charge in [-0.15, -0.1) is 11.8 Å². The zero-order valence-corrected chi connectivity index (χ0v) is 14.3. The highest BCUT2D eigenvalue weighted by atomic mass is 32.2. The summed E-state index contributed by atoms with van der Waals surface area (Å²) in [7, 11) is 0. The maximum Gasteiger partial charge on any atom is 0.268 e. The highest BCUT2D eigenvalue weighted by molar-refractivity contribution is 8.00. The lowest BCUT2D eigenvalue weighted by Gasteiger charge is -2.13. The third-order valence-corrected chi connectivity index (χ3v) is 5.70. The molecule has 0 aliphatic carbocycles. The van der Waals surface area contributed by atoms with Gasteiger partial charge in [-0.3, -0.25) is 14.2 Å². The molecular formula is C16H17N3O2S2. The molecule has 2 heterocycles. The summed E-state index contributed by atoms with van der Waals surface area (Å²) in [4.78, 5) is 29.3. The molecule has 1 aromatic heterocycles. The molecule has 23 heavy (non-hydrogen) atoms. The van der Waals surface area contributed by atoms with Crippen LogP contribution in [0.5, 0.6) is 0 Å². The molecule has 120 valence electrons. The fourth-order valence-corrected chi connectivity index (χ4v) is 4.35. The Kier molecular flexibility index (Phi) is 4.77. The predicted octanol–water partition coefficient (Wildman–Crippen LogP) is 1.91. The molecule has 1 aliphatic rings. The number of aromatic nitrogens is 2. The van der Waals surface area contributed by atoms with Crippen LogP contribution in [0.4, 0.5) is 0 Å². The van der Waals surface area contributed by atoms with Gasteiger partial charge in [0.1, 0.15) is 0 Å². The van der Waals surface area contributed by atoms with Crippen molar-refractivity contribution in [2.45, 2.75) is 35.2 Å². The molecule has 3 rings (SSSR count). The quantitative estimate of drug-likeness (QED) is 0.660. The summed E-state index contributed by atoms with van der Waals surface area (Å²) in [6.07, 6.45) is 0.783. The molecular weight excluding hydrogens is 330 g/mol. The van der Waals surface area contributed by atoms with Crippen molar-refractivity contribution in [1.82, 2.24) is 9.55 Å². The number of primary amides is 1. The molecule has 0 bridgehead atoms. The van der Waals surface area contributed by atoms with Gasteiger partial charge in [-0.2, -0.15) is 0 Å². The van der Waals surface area contributed by atoms with Crippen molar-refractivity contribution in [3.8, 4) is 0 Å². The lowest BCUT2D eigenvalue weighted by molar-refractivity contribution is -0.115. The third-order valence-electron chi connectivity index (χ3n) is 3.49. The Labute approximate surface area is 142 Å². The standard InChI is InChI=1S/C16H17N3O2S2/c1-10-7-12-14(23-10)15(21)19(8-11-5-3-2-4-6-11)16(18-12)22-9-13(17)20/h2-6,10H,7-9H2,1H3,(H2,17,20)/t10-/m0/s1. The molecule has 0 saturated carbocycles. The van der Waals surface area contributed by atoms with E-state index in [1.807, 2.05) is 30.3 Å². The zero-order valence-electron chi connectivity index (χ0n) is 12.7. The molecule has 5 nitrogen and oxygen atoms in total. The highest BCUT2D eigenvalue weighted by Crippen LogP contribution is 2.34. The Bertz CT molecular complexity index is 790. The van der Waals surface area contributed by atoms with Crippen LogP contribution in [-0.2, 0) is 17.8 Å². The molecule has 1 aliphatic heterocycles. The van der Waals surface area contributed by atoms with Crippen LogP contribution in [0.15, 0.2) is 45.2 Å². The highest BCUT2D eigenvalue weighted by Gasteiger charge is 2.26. The summed E-state index contributed by atoms with van der Waals surface area (Å²) in [6.45, 7) is 2.53. The summed E-state index contributed by atoms with van der Waals surface area (Å²) in [5.41, 5.74) is 7.07. The van der Waals surface area contributed by atoms with Crippen LogP contribution >= 0.6 is 23.5 Å². The first kappa shape index (κ1) is 16.1. The predicted molar refractivity (Wildman–Crippen MR) is 93.0 cm³/mol. The number of benzene rings is 1. The fourth-order valence-electron chi connectivity index (χ4n) is 2.48. The third kappa shape index (κ3) is 3.61. The average molecular weight is 347 g/mol. The Morgan fingerprint density at radius 1 is 1.43 bits per heavy atom. The van der Waals surface area contributed by atoms with Gasteiger partial charge in [0.05, 0.1) is 22.9 Å². The monoisotopic (exact) mass is 347 g/mol. The number of carbonyl (C=O) groups excluding carboxylic acids is 1. The molecule has 1 amide bonds. The summed E-state index contributed by atoms with van der Waals surface area (Å²) in [5.74, 6) is -0.304. The Morgan fingerprint density at radius 3 is 2.87 bits per heavy atom. The van der Waals surface area contributed by atoms with E-state index in [0.717, 1.165) is 22.6 Å². The van der Waals surface area contributed by atoms with Crippen LogP contribution in [0.2, 0.25) is 0 Å². The second-order valence-corrected chi connectivity index (χ2v) is 7.83. The van der Waals surface area contributed by atoms with Crippen molar-refractivity contribution in [2.75, 3.05) is 5.75 Å². The van der Waals surface area contributed by atoms with E-state index in [9.17, 15) is 9.59 Å².